The number of anilines is 1. The highest BCUT2D eigenvalue weighted by Gasteiger charge is 2.18. The largest absolute Gasteiger partial charge is 0.492 e. The van der Waals surface area contributed by atoms with Gasteiger partial charge in [0.25, 0.3) is 0 Å². The van der Waals surface area contributed by atoms with Gasteiger partial charge in [-0.2, -0.15) is 0 Å². The second-order valence-electron chi connectivity index (χ2n) is 4.09. The van der Waals surface area contributed by atoms with E-state index in [1.54, 1.807) is 4.90 Å². The number of nitrogens with two attached hydrogens (primary N) is 1. The summed E-state index contributed by atoms with van der Waals surface area (Å²) in [6.45, 7) is 4.52. The molecule has 92 valence electrons. The Hall–Kier alpha value is -1.91. The van der Waals surface area contributed by atoms with Crippen LogP contribution in [-0.2, 0) is 0 Å². The van der Waals surface area contributed by atoms with Crippen molar-refractivity contribution in [1.82, 2.24) is 10.2 Å². The highest BCUT2D eigenvalue weighted by molar-refractivity contribution is 5.76. The second kappa shape index (κ2) is 4.95. The molecule has 1 aliphatic heterocycles. The van der Waals surface area contributed by atoms with Crippen molar-refractivity contribution in [3.63, 3.8) is 0 Å². The number of aryl methyl sites for hydroxylation is 1. The van der Waals surface area contributed by atoms with Crippen LogP contribution in [0.2, 0.25) is 0 Å². The van der Waals surface area contributed by atoms with E-state index in [-0.39, 0.29) is 6.03 Å². The van der Waals surface area contributed by atoms with Gasteiger partial charge in [0.05, 0.1) is 6.54 Å². The van der Waals surface area contributed by atoms with Crippen LogP contribution < -0.4 is 15.8 Å². The lowest BCUT2D eigenvalue weighted by atomic mass is 10.2. The van der Waals surface area contributed by atoms with E-state index in [0.717, 1.165) is 30.1 Å². The molecule has 1 heterocycles. The maximum Gasteiger partial charge on any atom is 0.317 e. The van der Waals surface area contributed by atoms with Crippen LogP contribution >= 0.6 is 0 Å². The lowest BCUT2D eigenvalue weighted by Crippen LogP contribution is -2.31. The minimum absolute atomic E-state index is 0.0120. The van der Waals surface area contributed by atoms with E-state index in [9.17, 15) is 4.79 Å². The SMILES string of the molecule is Cc1cc(OCCN2CCNC2=O)ccc1N. The number of ether oxygens (including phenoxy) is 1. The number of nitrogen functional groups attached to an aromatic ring is 1. The van der Waals surface area contributed by atoms with Crippen molar-refractivity contribution in [3.8, 4) is 5.75 Å². The lowest BCUT2D eigenvalue weighted by Gasteiger charge is -2.14. The average molecular weight is 235 g/mol. The van der Waals surface area contributed by atoms with E-state index >= 15 is 0 Å². The molecular weight excluding hydrogens is 218 g/mol. The fourth-order valence-corrected chi connectivity index (χ4v) is 1.74. The smallest absolute Gasteiger partial charge is 0.317 e. The highest BCUT2D eigenvalue weighted by Crippen LogP contribution is 2.18. The van der Waals surface area contributed by atoms with E-state index < -0.39 is 0 Å². The summed E-state index contributed by atoms with van der Waals surface area (Å²) >= 11 is 0. The highest BCUT2D eigenvalue weighted by atomic mass is 16.5. The zero-order valence-electron chi connectivity index (χ0n) is 9.90. The first-order valence-electron chi connectivity index (χ1n) is 5.68. The normalized spacial score (nSPS) is 14.9. The number of hydrogen-bond donors (Lipinski definition) is 2. The molecule has 1 aliphatic rings. The predicted molar refractivity (Wildman–Crippen MR) is 66.1 cm³/mol. The van der Waals surface area contributed by atoms with Gasteiger partial charge in [0.1, 0.15) is 12.4 Å². The van der Waals surface area contributed by atoms with E-state index in [0.29, 0.717) is 13.2 Å². The monoisotopic (exact) mass is 235 g/mol. The molecule has 0 saturated carbocycles. The van der Waals surface area contributed by atoms with Gasteiger partial charge in [0.15, 0.2) is 0 Å². The van der Waals surface area contributed by atoms with Crippen LogP contribution in [-0.4, -0.2) is 37.2 Å². The molecule has 2 amide bonds. The van der Waals surface area contributed by atoms with Crippen molar-refractivity contribution in [3.05, 3.63) is 23.8 Å². The topological polar surface area (TPSA) is 67.6 Å². The number of nitrogens with zero attached hydrogens (tertiary/aromatic N) is 1. The van der Waals surface area contributed by atoms with Gasteiger partial charge in [-0.15, -0.1) is 0 Å². The number of rotatable bonds is 4. The summed E-state index contributed by atoms with van der Waals surface area (Å²) in [5.41, 5.74) is 7.48. The molecule has 0 aliphatic carbocycles. The molecule has 1 fully saturated rings. The maximum absolute atomic E-state index is 11.3. The summed E-state index contributed by atoms with van der Waals surface area (Å²) in [5.74, 6) is 0.788. The summed E-state index contributed by atoms with van der Waals surface area (Å²) in [6, 6.07) is 5.56. The third-order valence-electron chi connectivity index (χ3n) is 2.82. The Kier molecular flexibility index (Phi) is 3.37. The summed E-state index contributed by atoms with van der Waals surface area (Å²) in [6.07, 6.45) is 0. The van der Waals surface area contributed by atoms with Crippen molar-refractivity contribution in [2.75, 3.05) is 32.0 Å². The third-order valence-corrected chi connectivity index (χ3v) is 2.82. The Morgan fingerprint density at radius 3 is 3.00 bits per heavy atom. The Balaban J connectivity index is 1.81. The van der Waals surface area contributed by atoms with Crippen molar-refractivity contribution in [1.29, 1.82) is 0 Å². The fourth-order valence-electron chi connectivity index (χ4n) is 1.74. The molecule has 0 radical (unpaired) electrons. The molecule has 0 aromatic heterocycles. The van der Waals surface area contributed by atoms with Crippen LogP contribution in [0.3, 0.4) is 0 Å². The Morgan fingerprint density at radius 2 is 2.35 bits per heavy atom. The zero-order valence-corrected chi connectivity index (χ0v) is 9.90. The molecule has 3 N–H and O–H groups in total. The summed E-state index contributed by atoms with van der Waals surface area (Å²) in [4.78, 5) is 13.0. The van der Waals surface area contributed by atoms with Gasteiger partial charge in [-0.25, -0.2) is 4.79 Å². The predicted octanol–water partition coefficient (Wildman–Crippen LogP) is 0.981. The average Bonchev–Trinajstić information content (AvgIpc) is 2.70. The standard InChI is InChI=1S/C12H17N3O2/c1-9-8-10(2-3-11(9)13)17-7-6-15-5-4-14-12(15)16/h2-3,8H,4-7,13H2,1H3,(H,14,16). The van der Waals surface area contributed by atoms with Crippen LogP contribution in [0.4, 0.5) is 10.5 Å². The Labute approximate surface area is 101 Å². The van der Waals surface area contributed by atoms with Gasteiger partial charge in [-0.1, -0.05) is 0 Å². The van der Waals surface area contributed by atoms with Gasteiger partial charge in [0, 0.05) is 18.8 Å². The molecule has 5 nitrogen and oxygen atoms in total. The maximum atomic E-state index is 11.3. The molecule has 5 heteroatoms. The number of benzene rings is 1. The van der Waals surface area contributed by atoms with Gasteiger partial charge < -0.3 is 20.7 Å². The van der Waals surface area contributed by atoms with Gasteiger partial charge in [-0.3, -0.25) is 0 Å². The minimum Gasteiger partial charge on any atom is -0.492 e. The zero-order chi connectivity index (χ0) is 12.3. The quantitative estimate of drug-likeness (QED) is 0.764. The van der Waals surface area contributed by atoms with Crippen LogP contribution in [0.5, 0.6) is 5.75 Å². The van der Waals surface area contributed by atoms with Gasteiger partial charge in [-0.05, 0) is 30.7 Å². The van der Waals surface area contributed by atoms with Crippen LogP contribution in [0, 0.1) is 6.92 Å². The molecule has 17 heavy (non-hydrogen) atoms. The van der Waals surface area contributed by atoms with Crippen molar-refractivity contribution >= 4 is 11.7 Å². The van der Waals surface area contributed by atoms with Crippen LogP contribution in [0.1, 0.15) is 5.56 Å². The molecule has 2 rings (SSSR count). The fraction of sp³-hybridized carbons (Fsp3) is 0.417. The molecule has 1 aromatic rings. The number of carbonyl (C=O) groups excluding carboxylic acids is 1. The first-order chi connectivity index (χ1) is 8.16. The number of nitrogens with one attached hydrogen (secondary N) is 1. The summed E-state index contributed by atoms with van der Waals surface area (Å²) in [7, 11) is 0. The van der Waals surface area contributed by atoms with Crippen molar-refractivity contribution in [2.45, 2.75) is 6.92 Å². The Morgan fingerprint density at radius 1 is 1.53 bits per heavy atom. The van der Waals surface area contributed by atoms with Crippen molar-refractivity contribution < 1.29 is 9.53 Å². The second-order valence-corrected chi connectivity index (χ2v) is 4.09. The summed E-state index contributed by atoms with van der Waals surface area (Å²) < 4.78 is 5.57. The number of hydrogen-bond acceptors (Lipinski definition) is 3. The first-order valence-corrected chi connectivity index (χ1v) is 5.68. The molecular formula is C12H17N3O2. The molecule has 0 bridgehead atoms. The number of carbonyl (C=O) groups is 1. The first kappa shape index (κ1) is 11.6. The van der Waals surface area contributed by atoms with Crippen LogP contribution in [0.25, 0.3) is 0 Å². The van der Waals surface area contributed by atoms with Crippen LogP contribution in [0.15, 0.2) is 18.2 Å². The summed E-state index contributed by atoms with van der Waals surface area (Å²) in [5, 5.41) is 2.75. The van der Waals surface area contributed by atoms with Gasteiger partial charge >= 0.3 is 6.03 Å². The Bertz CT molecular complexity index is 420. The molecule has 0 atom stereocenters. The van der Waals surface area contributed by atoms with E-state index in [1.807, 2.05) is 25.1 Å². The van der Waals surface area contributed by atoms with Gasteiger partial charge in [0.2, 0.25) is 0 Å². The number of urea groups is 1. The third kappa shape index (κ3) is 2.81. The lowest BCUT2D eigenvalue weighted by molar-refractivity contribution is 0.202. The molecule has 1 saturated heterocycles. The number of amides is 2. The van der Waals surface area contributed by atoms with E-state index in [2.05, 4.69) is 5.32 Å². The molecule has 0 spiro atoms. The van der Waals surface area contributed by atoms with E-state index in [4.69, 9.17) is 10.5 Å². The van der Waals surface area contributed by atoms with Crippen molar-refractivity contribution in [2.24, 2.45) is 0 Å². The molecule has 1 aromatic carbocycles. The molecule has 0 unspecified atom stereocenters. The minimum atomic E-state index is -0.0120. The van der Waals surface area contributed by atoms with E-state index in [1.165, 1.54) is 0 Å².